The molecule has 0 heterocycles. The number of nitrogens with one attached hydrogen (secondary N) is 1. The largest absolute Gasteiger partial charge is 0.437 e. The Morgan fingerprint density at radius 1 is 1.50 bits per heavy atom. The fourth-order valence-electron chi connectivity index (χ4n) is 0.578. The van der Waals surface area contributed by atoms with Gasteiger partial charge in [0.05, 0.1) is 10.3 Å². The van der Waals surface area contributed by atoms with E-state index in [1.165, 1.54) is 20.3 Å². The molecule has 0 amide bonds. The molecular weight excluding hydrogens is 151 g/mol. The van der Waals surface area contributed by atoms with Crippen LogP contribution in [0.2, 0.25) is 0 Å². The molecule has 5 heteroatoms. The van der Waals surface area contributed by atoms with Crippen LogP contribution in [0, 0.1) is 5.53 Å². The maximum atomic E-state index is 11.1. The lowest BCUT2D eigenvalue weighted by molar-refractivity contribution is -0.132. The van der Waals surface area contributed by atoms with Gasteiger partial charge in [-0.3, -0.25) is 4.79 Å². The van der Waals surface area contributed by atoms with E-state index in [1.807, 2.05) is 0 Å². The number of carbonyl (C=O) groups is 1. The summed E-state index contributed by atoms with van der Waals surface area (Å²) in [6.07, 6.45) is 0. The SMILES string of the molecule is CC(=O)C(=[N+]=N)P(C)(C)=O. The Morgan fingerprint density at radius 3 is 1.90 bits per heavy atom. The van der Waals surface area contributed by atoms with Crippen LogP contribution in [-0.2, 0) is 9.36 Å². The van der Waals surface area contributed by atoms with Crippen LogP contribution in [0.5, 0.6) is 0 Å². The maximum Gasteiger partial charge on any atom is 0.437 e. The van der Waals surface area contributed by atoms with Crippen molar-refractivity contribution in [1.29, 1.82) is 5.53 Å². The third-order valence-corrected chi connectivity index (χ3v) is 2.37. The van der Waals surface area contributed by atoms with Crippen molar-refractivity contribution in [2.75, 3.05) is 13.3 Å². The normalized spacial score (nSPS) is 10.3. The Balaban J connectivity index is 4.94. The molecule has 0 bridgehead atoms. The molecule has 0 aliphatic rings. The number of carbonyl (C=O) groups excluding carboxylic acids is 1. The number of nitrogens with zero attached hydrogens (tertiary/aromatic N) is 1. The monoisotopic (exact) mass is 161 g/mol. The number of Topliss-reactive ketones (excluding diaryl/α,β-unsaturated/α-hetero) is 1. The van der Waals surface area contributed by atoms with Gasteiger partial charge in [0.15, 0.2) is 7.14 Å². The van der Waals surface area contributed by atoms with Gasteiger partial charge in [-0.2, -0.15) is 0 Å². The summed E-state index contributed by atoms with van der Waals surface area (Å²) in [6, 6.07) is 0. The van der Waals surface area contributed by atoms with Gasteiger partial charge in [-0.05, 0) is 0 Å². The highest BCUT2D eigenvalue weighted by Gasteiger charge is 2.32. The highest BCUT2D eigenvalue weighted by Crippen LogP contribution is 2.36. The van der Waals surface area contributed by atoms with Crippen LogP contribution in [0.15, 0.2) is 0 Å². The molecule has 56 valence electrons. The molecule has 0 unspecified atom stereocenters. The molecule has 0 saturated heterocycles. The highest BCUT2D eigenvalue weighted by molar-refractivity contribution is 7.81. The van der Waals surface area contributed by atoms with Crippen molar-refractivity contribution in [3.05, 3.63) is 0 Å². The van der Waals surface area contributed by atoms with Crippen LogP contribution < -0.4 is 0 Å². The van der Waals surface area contributed by atoms with E-state index in [0.717, 1.165) is 0 Å². The molecule has 0 aromatic heterocycles. The van der Waals surface area contributed by atoms with E-state index in [2.05, 4.69) is 4.79 Å². The Morgan fingerprint density at radius 2 is 1.90 bits per heavy atom. The summed E-state index contributed by atoms with van der Waals surface area (Å²) in [6.45, 7) is 4.09. The summed E-state index contributed by atoms with van der Waals surface area (Å²) in [5.74, 6) is -0.386. The van der Waals surface area contributed by atoms with Crippen molar-refractivity contribution in [1.82, 2.24) is 0 Å². The average Bonchev–Trinajstić information content (AvgIpc) is 1.60. The van der Waals surface area contributed by atoms with E-state index in [1.54, 1.807) is 0 Å². The van der Waals surface area contributed by atoms with Gasteiger partial charge in [-0.25, -0.2) is 0 Å². The molecule has 0 aliphatic heterocycles. The van der Waals surface area contributed by atoms with Crippen molar-refractivity contribution in [3.8, 4) is 0 Å². The lowest BCUT2D eigenvalue weighted by Crippen LogP contribution is -2.10. The Kier molecular flexibility index (Phi) is 2.70. The van der Waals surface area contributed by atoms with Gasteiger partial charge in [0, 0.05) is 20.3 Å². The van der Waals surface area contributed by atoms with Gasteiger partial charge in [0.1, 0.15) is 0 Å². The van der Waals surface area contributed by atoms with Crippen LogP contribution in [0.3, 0.4) is 0 Å². The standard InChI is InChI=1S/C5H10N2O2P/c1-4(8)5(7-6)10(2,3)9/h6H,1-3H3/q+1. The van der Waals surface area contributed by atoms with Crippen LogP contribution in [0.4, 0.5) is 0 Å². The molecular formula is C5H10N2O2P+. The van der Waals surface area contributed by atoms with E-state index in [-0.39, 0.29) is 11.2 Å². The number of hydrogen-bond acceptors (Lipinski definition) is 3. The first-order valence-corrected chi connectivity index (χ1v) is 5.30. The number of ketones is 1. The topological polar surface area (TPSA) is 72.1 Å². The van der Waals surface area contributed by atoms with E-state index in [4.69, 9.17) is 5.53 Å². The number of hydrogen-bond donors (Lipinski definition) is 1. The molecule has 0 atom stereocenters. The smallest absolute Gasteiger partial charge is 0.311 e. The Bertz CT molecular complexity index is 246. The summed E-state index contributed by atoms with van der Waals surface area (Å²) >= 11 is 0. The number of rotatable bonds is 2. The van der Waals surface area contributed by atoms with Crippen LogP contribution >= 0.6 is 7.14 Å². The van der Waals surface area contributed by atoms with Crippen LogP contribution in [0.1, 0.15) is 6.92 Å². The van der Waals surface area contributed by atoms with E-state index >= 15 is 0 Å². The molecule has 0 aromatic carbocycles. The van der Waals surface area contributed by atoms with Crippen molar-refractivity contribution in [2.24, 2.45) is 0 Å². The Labute approximate surface area is 59.2 Å². The van der Waals surface area contributed by atoms with Crippen molar-refractivity contribution in [2.45, 2.75) is 6.92 Å². The molecule has 0 aliphatic carbocycles. The van der Waals surface area contributed by atoms with Gasteiger partial charge < -0.3 is 4.57 Å². The fourth-order valence-corrected chi connectivity index (χ4v) is 1.58. The van der Waals surface area contributed by atoms with Crippen molar-refractivity contribution >= 4 is 18.4 Å². The second kappa shape index (κ2) is 2.91. The summed E-state index contributed by atoms with van der Waals surface area (Å²) in [5.41, 5.74) is 6.42. The molecule has 0 saturated carbocycles. The third-order valence-electron chi connectivity index (χ3n) is 0.931. The first-order chi connectivity index (χ1) is 4.39. The van der Waals surface area contributed by atoms with Gasteiger partial charge in [0.2, 0.25) is 5.78 Å². The van der Waals surface area contributed by atoms with Gasteiger partial charge in [0.25, 0.3) is 0 Å². The van der Waals surface area contributed by atoms with E-state index < -0.39 is 7.14 Å². The minimum absolute atomic E-state index is 0.118. The lowest BCUT2D eigenvalue weighted by atomic mass is 10.5. The third kappa shape index (κ3) is 2.26. The first kappa shape index (κ1) is 9.28. The molecule has 1 N–H and O–H groups in total. The van der Waals surface area contributed by atoms with Gasteiger partial charge >= 0.3 is 5.45 Å². The lowest BCUT2D eigenvalue weighted by Gasteiger charge is -1.91. The molecule has 0 aromatic rings. The zero-order chi connectivity index (χ0) is 8.36. The van der Waals surface area contributed by atoms with Crippen molar-refractivity contribution in [3.63, 3.8) is 0 Å². The van der Waals surface area contributed by atoms with Crippen LogP contribution in [-0.4, -0.2) is 29.4 Å². The summed E-state index contributed by atoms with van der Waals surface area (Å²) in [7, 11) is -2.62. The van der Waals surface area contributed by atoms with E-state index in [0.29, 0.717) is 0 Å². The minimum atomic E-state index is -2.62. The predicted octanol–water partition coefficient (Wildman–Crippen LogP) is 0.836. The van der Waals surface area contributed by atoms with Crippen LogP contribution in [0.25, 0.3) is 0 Å². The first-order valence-electron chi connectivity index (χ1n) is 2.70. The van der Waals surface area contributed by atoms with E-state index in [9.17, 15) is 9.36 Å². The predicted molar refractivity (Wildman–Crippen MR) is 38.1 cm³/mol. The zero-order valence-electron chi connectivity index (χ0n) is 6.21. The maximum absolute atomic E-state index is 11.1. The highest BCUT2D eigenvalue weighted by atomic mass is 31.2. The molecule has 0 fully saturated rings. The fraction of sp³-hybridized carbons (Fsp3) is 0.600. The summed E-state index contributed by atoms with van der Waals surface area (Å²) in [4.78, 5) is 13.5. The minimum Gasteiger partial charge on any atom is -0.311 e. The molecule has 4 nitrogen and oxygen atoms in total. The quantitative estimate of drug-likeness (QED) is 0.282. The average molecular weight is 161 g/mol. The Hall–Kier alpha value is -0.720. The molecule has 10 heavy (non-hydrogen) atoms. The summed E-state index contributed by atoms with van der Waals surface area (Å²) < 4.78 is 11.1. The van der Waals surface area contributed by atoms with Gasteiger partial charge in [-0.15, -0.1) is 0 Å². The second-order valence-electron chi connectivity index (χ2n) is 2.34. The zero-order valence-corrected chi connectivity index (χ0v) is 7.11. The van der Waals surface area contributed by atoms with Crippen molar-refractivity contribution < 1.29 is 14.1 Å². The summed E-state index contributed by atoms with van der Waals surface area (Å²) in [5, 5.41) is 0. The molecule has 0 rings (SSSR count). The van der Waals surface area contributed by atoms with Gasteiger partial charge in [-0.1, -0.05) is 0 Å². The second-order valence-corrected chi connectivity index (χ2v) is 5.47. The molecule has 0 radical (unpaired) electrons. The molecule has 0 spiro atoms.